The Balaban J connectivity index is 5.23. The van der Waals surface area contributed by atoms with E-state index in [2.05, 4.69) is 0 Å². The summed E-state index contributed by atoms with van der Waals surface area (Å²) in [5.41, 5.74) is 0. The van der Waals surface area contributed by atoms with Crippen molar-refractivity contribution in [1.82, 2.24) is 9.80 Å². The fourth-order valence-electron chi connectivity index (χ4n) is 1.32. The van der Waals surface area contributed by atoms with Crippen molar-refractivity contribution in [3.8, 4) is 0 Å². The van der Waals surface area contributed by atoms with Crippen LogP contribution in [0.2, 0.25) is 0 Å². The van der Waals surface area contributed by atoms with E-state index in [0.717, 1.165) is 0 Å². The topological polar surface area (TPSA) is 190 Å². The Morgan fingerprint density at radius 3 is 0.818 bits per heavy atom. The molecule has 4 N–H and O–H groups in total. The van der Waals surface area contributed by atoms with Gasteiger partial charge in [0.2, 0.25) is 0 Å². The molecule has 0 radical (unpaired) electrons. The average molecular weight is 320 g/mol. The van der Waals surface area contributed by atoms with Crippen LogP contribution in [-0.4, -0.2) is 92.1 Å². The fraction of sp³-hybridized carbons (Fsp3) is 0.400. The van der Waals surface area contributed by atoms with Gasteiger partial charge in [0.15, 0.2) is 0 Å². The number of carbonyl (C=O) groups is 6. The SMILES string of the molecule is O=C(O)CN(CC(=O)O)C(=O)C(=O)N(CC(=O)O)CC(=O)O. The zero-order chi connectivity index (χ0) is 17.4. The monoisotopic (exact) mass is 320 g/mol. The number of carbonyl (C=O) groups excluding carboxylic acids is 2. The van der Waals surface area contributed by atoms with Crippen LogP contribution in [0.25, 0.3) is 0 Å². The molecule has 0 aromatic carbocycles. The highest BCUT2D eigenvalue weighted by Crippen LogP contribution is 1.98. The van der Waals surface area contributed by atoms with Gasteiger partial charge < -0.3 is 30.2 Å². The van der Waals surface area contributed by atoms with Gasteiger partial charge in [-0.25, -0.2) is 0 Å². The number of carboxylic acids is 4. The van der Waals surface area contributed by atoms with Gasteiger partial charge in [-0.15, -0.1) is 0 Å². The zero-order valence-electron chi connectivity index (χ0n) is 11.0. The van der Waals surface area contributed by atoms with Gasteiger partial charge >= 0.3 is 35.7 Å². The van der Waals surface area contributed by atoms with Crippen molar-refractivity contribution in [3.63, 3.8) is 0 Å². The van der Waals surface area contributed by atoms with E-state index in [1.165, 1.54) is 0 Å². The second-order valence-corrected chi connectivity index (χ2v) is 3.90. The van der Waals surface area contributed by atoms with Crippen LogP contribution in [-0.2, 0) is 28.8 Å². The lowest BCUT2D eigenvalue weighted by molar-refractivity contribution is -0.160. The molecular weight excluding hydrogens is 308 g/mol. The molecule has 0 rings (SSSR count). The maximum atomic E-state index is 11.7. The summed E-state index contributed by atoms with van der Waals surface area (Å²) >= 11 is 0. The fourth-order valence-corrected chi connectivity index (χ4v) is 1.32. The van der Waals surface area contributed by atoms with Crippen molar-refractivity contribution in [2.45, 2.75) is 0 Å². The van der Waals surface area contributed by atoms with Crippen molar-refractivity contribution in [2.24, 2.45) is 0 Å². The van der Waals surface area contributed by atoms with Crippen LogP contribution in [0.4, 0.5) is 0 Å². The smallest absolute Gasteiger partial charge is 0.323 e. The maximum absolute atomic E-state index is 11.7. The molecule has 0 unspecified atom stereocenters. The first-order chi connectivity index (χ1) is 10.0. The molecule has 22 heavy (non-hydrogen) atoms. The van der Waals surface area contributed by atoms with E-state index in [4.69, 9.17) is 20.4 Å². The molecule has 0 aliphatic carbocycles. The van der Waals surface area contributed by atoms with Crippen LogP contribution < -0.4 is 0 Å². The van der Waals surface area contributed by atoms with Gasteiger partial charge in [0.05, 0.1) is 0 Å². The molecular formula is C10H12N2O10. The van der Waals surface area contributed by atoms with Gasteiger partial charge in [-0.1, -0.05) is 0 Å². The molecule has 0 aliphatic heterocycles. The van der Waals surface area contributed by atoms with Crippen LogP contribution in [0.1, 0.15) is 0 Å². The molecule has 0 fully saturated rings. The van der Waals surface area contributed by atoms with Crippen molar-refractivity contribution in [3.05, 3.63) is 0 Å². The lowest BCUT2D eigenvalue weighted by Gasteiger charge is -2.22. The van der Waals surface area contributed by atoms with Gasteiger partial charge in [-0.05, 0) is 0 Å². The van der Waals surface area contributed by atoms with E-state index in [1.807, 2.05) is 0 Å². The van der Waals surface area contributed by atoms with Gasteiger partial charge in [0.25, 0.3) is 0 Å². The first-order valence-electron chi connectivity index (χ1n) is 5.50. The standard InChI is InChI=1S/C10H12N2O10/c13-5(14)1-11(2-6(15)16)9(21)10(22)12(3-7(17)18)4-8(19)20/h1-4H2,(H,13,14)(H,15,16)(H,17,18)(H,19,20). The predicted molar refractivity (Wildman–Crippen MR) is 63.7 cm³/mol. The third-order valence-corrected chi connectivity index (χ3v) is 2.06. The summed E-state index contributed by atoms with van der Waals surface area (Å²) < 4.78 is 0. The molecule has 0 aliphatic rings. The Kier molecular flexibility index (Phi) is 7.00. The van der Waals surface area contributed by atoms with E-state index in [0.29, 0.717) is 0 Å². The molecule has 12 nitrogen and oxygen atoms in total. The molecule has 0 aromatic heterocycles. The normalized spacial score (nSPS) is 9.64. The molecule has 0 atom stereocenters. The Labute approximate surface area is 122 Å². The van der Waals surface area contributed by atoms with Gasteiger partial charge in [0.1, 0.15) is 26.2 Å². The highest BCUT2D eigenvalue weighted by Gasteiger charge is 2.31. The minimum Gasteiger partial charge on any atom is -0.480 e. The summed E-state index contributed by atoms with van der Waals surface area (Å²) in [6.45, 7) is -4.48. The molecule has 0 heterocycles. The summed E-state index contributed by atoms with van der Waals surface area (Å²) in [5, 5.41) is 34.2. The number of amides is 2. The highest BCUT2D eigenvalue weighted by atomic mass is 16.4. The van der Waals surface area contributed by atoms with Crippen molar-refractivity contribution in [2.75, 3.05) is 26.2 Å². The van der Waals surface area contributed by atoms with Gasteiger partial charge in [0, 0.05) is 0 Å². The second-order valence-electron chi connectivity index (χ2n) is 3.90. The largest absolute Gasteiger partial charge is 0.480 e. The number of hydrogen-bond acceptors (Lipinski definition) is 6. The Hall–Kier alpha value is -3.18. The molecule has 12 heteroatoms. The number of carboxylic acid groups (broad SMARTS) is 4. The molecule has 122 valence electrons. The number of rotatable bonds is 8. The van der Waals surface area contributed by atoms with Crippen molar-refractivity contribution >= 4 is 35.7 Å². The molecule has 0 bridgehead atoms. The first kappa shape index (κ1) is 18.8. The number of hydrogen-bond donors (Lipinski definition) is 4. The van der Waals surface area contributed by atoms with E-state index in [-0.39, 0.29) is 9.80 Å². The van der Waals surface area contributed by atoms with Crippen LogP contribution >= 0.6 is 0 Å². The van der Waals surface area contributed by atoms with Crippen molar-refractivity contribution in [1.29, 1.82) is 0 Å². The lowest BCUT2D eigenvalue weighted by atomic mass is 10.3. The summed E-state index contributed by atoms with van der Waals surface area (Å²) in [6, 6.07) is 0. The van der Waals surface area contributed by atoms with E-state index < -0.39 is 61.9 Å². The number of nitrogens with zero attached hydrogens (tertiary/aromatic N) is 2. The molecule has 0 spiro atoms. The Morgan fingerprint density at radius 2 is 0.682 bits per heavy atom. The molecule has 0 saturated carbocycles. The Morgan fingerprint density at radius 1 is 0.500 bits per heavy atom. The average Bonchev–Trinajstić information content (AvgIpc) is 2.33. The minimum atomic E-state index is -1.63. The Bertz CT molecular complexity index is 436. The minimum absolute atomic E-state index is 0.143. The van der Waals surface area contributed by atoms with Gasteiger partial charge in [-0.3, -0.25) is 28.8 Å². The van der Waals surface area contributed by atoms with E-state index in [9.17, 15) is 28.8 Å². The van der Waals surface area contributed by atoms with Crippen LogP contribution in [0.5, 0.6) is 0 Å². The molecule has 2 amide bonds. The maximum Gasteiger partial charge on any atom is 0.323 e. The number of aliphatic carboxylic acids is 4. The van der Waals surface area contributed by atoms with Crippen LogP contribution in [0, 0.1) is 0 Å². The second kappa shape index (κ2) is 8.18. The quantitative estimate of drug-likeness (QED) is 0.335. The summed E-state index contributed by atoms with van der Waals surface area (Å²) in [4.78, 5) is 65.9. The zero-order valence-corrected chi connectivity index (χ0v) is 11.0. The third kappa shape index (κ3) is 6.83. The third-order valence-electron chi connectivity index (χ3n) is 2.06. The van der Waals surface area contributed by atoms with E-state index in [1.54, 1.807) is 0 Å². The van der Waals surface area contributed by atoms with Crippen molar-refractivity contribution < 1.29 is 49.2 Å². The molecule has 0 saturated heterocycles. The van der Waals surface area contributed by atoms with Crippen LogP contribution in [0.3, 0.4) is 0 Å². The summed E-state index contributed by atoms with van der Waals surface area (Å²) in [5.74, 6) is -9.69. The summed E-state index contributed by atoms with van der Waals surface area (Å²) in [6.07, 6.45) is 0. The summed E-state index contributed by atoms with van der Waals surface area (Å²) in [7, 11) is 0. The first-order valence-corrected chi connectivity index (χ1v) is 5.50. The highest BCUT2D eigenvalue weighted by molar-refractivity contribution is 6.35. The van der Waals surface area contributed by atoms with Gasteiger partial charge in [-0.2, -0.15) is 0 Å². The molecule has 0 aromatic rings. The lowest BCUT2D eigenvalue weighted by Crippen LogP contribution is -2.50. The predicted octanol–water partition coefficient (Wildman–Crippen LogP) is -3.02. The van der Waals surface area contributed by atoms with E-state index >= 15 is 0 Å². The van der Waals surface area contributed by atoms with Crippen LogP contribution in [0.15, 0.2) is 0 Å².